The molecule has 1 aromatic carbocycles. The van der Waals surface area contributed by atoms with Crippen LogP contribution < -0.4 is 5.32 Å². The standard InChI is InChI=1S/C14H16N2/c1-10-8-13(16-9-10)12-6-2-4-11-5-3-7-15-14(11)12/h2-7,10,13,16H,8-9H2,1H3. The number of nitrogens with zero attached hydrogens (tertiary/aromatic N) is 1. The second-order valence-electron chi connectivity index (χ2n) is 4.72. The van der Waals surface area contributed by atoms with Gasteiger partial charge in [-0.05, 0) is 30.5 Å². The first-order valence-electron chi connectivity index (χ1n) is 5.91. The SMILES string of the molecule is CC1CNC(c2cccc3cccnc23)C1. The van der Waals surface area contributed by atoms with Crippen LogP contribution in [-0.4, -0.2) is 11.5 Å². The average Bonchev–Trinajstić information content (AvgIpc) is 2.75. The maximum absolute atomic E-state index is 4.51. The van der Waals surface area contributed by atoms with Gasteiger partial charge in [-0.3, -0.25) is 4.98 Å². The summed E-state index contributed by atoms with van der Waals surface area (Å²) < 4.78 is 0. The highest BCUT2D eigenvalue weighted by molar-refractivity contribution is 5.82. The highest BCUT2D eigenvalue weighted by Gasteiger charge is 2.23. The lowest BCUT2D eigenvalue weighted by molar-refractivity contribution is 0.614. The summed E-state index contributed by atoms with van der Waals surface area (Å²) in [6, 6.07) is 11.1. The molecule has 2 nitrogen and oxygen atoms in total. The minimum atomic E-state index is 0.480. The van der Waals surface area contributed by atoms with Crippen molar-refractivity contribution in [2.75, 3.05) is 6.54 Å². The summed E-state index contributed by atoms with van der Waals surface area (Å²) in [7, 11) is 0. The molecule has 2 atom stereocenters. The molecule has 2 unspecified atom stereocenters. The first-order valence-corrected chi connectivity index (χ1v) is 5.91. The fourth-order valence-electron chi connectivity index (χ4n) is 2.56. The summed E-state index contributed by atoms with van der Waals surface area (Å²) in [5.41, 5.74) is 2.50. The highest BCUT2D eigenvalue weighted by Crippen LogP contribution is 2.30. The Morgan fingerprint density at radius 2 is 2.12 bits per heavy atom. The van der Waals surface area contributed by atoms with Gasteiger partial charge in [0.2, 0.25) is 0 Å². The molecule has 1 aliphatic heterocycles. The monoisotopic (exact) mass is 212 g/mol. The van der Waals surface area contributed by atoms with Crippen LogP contribution in [-0.2, 0) is 0 Å². The van der Waals surface area contributed by atoms with E-state index in [9.17, 15) is 0 Å². The van der Waals surface area contributed by atoms with E-state index >= 15 is 0 Å². The molecule has 0 bridgehead atoms. The second-order valence-corrected chi connectivity index (χ2v) is 4.72. The van der Waals surface area contributed by atoms with Crippen molar-refractivity contribution in [3.63, 3.8) is 0 Å². The van der Waals surface area contributed by atoms with Crippen molar-refractivity contribution in [3.8, 4) is 0 Å². The summed E-state index contributed by atoms with van der Waals surface area (Å²) in [4.78, 5) is 4.51. The van der Waals surface area contributed by atoms with Gasteiger partial charge in [0.15, 0.2) is 0 Å². The summed E-state index contributed by atoms with van der Waals surface area (Å²) in [5, 5.41) is 4.81. The van der Waals surface area contributed by atoms with E-state index in [1.54, 1.807) is 0 Å². The molecule has 2 heteroatoms. The number of para-hydroxylation sites is 1. The molecular weight excluding hydrogens is 196 g/mol. The number of rotatable bonds is 1. The van der Waals surface area contributed by atoms with Crippen LogP contribution >= 0.6 is 0 Å². The number of hydrogen-bond acceptors (Lipinski definition) is 2. The Morgan fingerprint density at radius 3 is 2.94 bits per heavy atom. The third-order valence-electron chi connectivity index (χ3n) is 3.39. The van der Waals surface area contributed by atoms with Crippen molar-refractivity contribution >= 4 is 10.9 Å². The summed E-state index contributed by atoms with van der Waals surface area (Å²) in [5.74, 6) is 0.768. The predicted octanol–water partition coefficient (Wildman–Crippen LogP) is 2.91. The largest absolute Gasteiger partial charge is 0.310 e. The first kappa shape index (κ1) is 9.79. The van der Waals surface area contributed by atoms with Gasteiger partial charge in [-0.1, -0.05) is 31.2 Å². The zero-order chi connectivity index (χ0) is 11.0. The molecule has 82 valence electrons. The molecule has 0 radical (unpaired) electrons. The van der Waals surface area contributed by atoms with Crippen LogP contribution in [0.15, 0.2) is 36.5 Å². The predicted molar refractivity (Wildman–Crippen MR) is 66.3 cm³/mol. The molecule has 2 aromatic rings. The van der Waals surface area contributed by atoms with Crippen molar-refractivity contribution in [3.05, 3.63) is 42.1 Å². The highest BCUT2D eigenvalue weighted by atomic mass is 14.9. The van der Waals surface area contributed by atoms with Crippen molar-refractivity contribution in [1.29, 1.82) is 0 Å². The maximum atomic E-state index is 4.51. The molecule has 3 rings (SSSR count). The number of aromatic nitrogens is 1. The Balaban J connectivity index is 2.09. The second kappa shape index (κ2) is 3.87. The lowest BCUT2D eigenvalue weighted by Gasteiger charge is -2.12. The van der Waals surface area contributed by atoms with Gasteiger partial charge in [-0.2, -0.15) is 0 Å². The normalized spacial score (nSPS) is 25.1. The molecular formula is C14H16N2. The summed E-state index contributed by atoms with van der Waals surface area (Å²) in [6.07, 6.45) is 3.10. The summed E-state index contributed by atoms with van der Waals surface area (Å²) in [6.45, 7) is 3.42. The van der Waals surface area contributed by atoms with Crippen LogP contribution in [0.25, 0.3) is 10.9 Å². The number of fused-ring (bicyclic) bond motifs is 1. The van der Waals surface area contributed by atoms with E-state index in [1.165, 1.54) is 17.4 Å². The van der Waals surface area contributed by atoms with Crippen LogP contribution in [0.5, 0.6) is 0 Å². The van der Waals surface area contributed by atoms with Crippen molar-refractivity contribution in [1.82, 2.24) is 10.3 Å². The fourth-order valence-corrected chi connectivity index (χ4v) is 2.56. The zero-order valence-electron chi connectivity index (χ0n) is 9.48. The van der Waals surface area contributed by atoms with Gasteiger partial charge in [0.25, 0.3) is 0 Å². The molecule has 0 aliphatic carbocycles. The van der Waals surface area contributed by atoms with E-state index in [-0.39, 0.29) is 0 Å². The number of pyridine rings is 1. The number of nitrogens with one attached hydrogen (secondary N) is 1. The van der Waals surface area contributed by atoms with Gasteiger partial charge in [0.05, 0.1) is 5.52 Å². The lowest BCUT2D eigenvalue weighted by Crippen LogP contribution is -2.13. The van der Waals surface area contributed by atoms with E-state index in [0.29, 0.717) is 6.04 Å². The van der Waals surface area contributed by atoms with Crippen LogP contribution in [0.4, 0.5) is 0 Å². The Kier molecular flexibility index (Phi) is 2.37. The molecule has 1 aliphatic rings. The third kappa shape index (κ3) is 1.59. The van der Waals surface area contributed by atoms with Crippen molar-refractivity contribution in [2.24, 2.45) is 5.92 Å². The Labute approximate surface area is 95.7 Å². The molecule has 1 aromatic heterocycles. The molecule has 1 saturated heterocycles. The van der Waals surface area contributed by atoms with Crippen LogP contribution in [0.3, 0.4) is 0 Å². The van der Waals surface area contributed by atoms with Gasteiger partial charge in [-0.15, -0.1) is 0 Å². The fraction of sp³-hybridized carbons (Fsp3) is 0.357. The van der Waals surface area contributed by atoms with Crippen LogP contribution in [0.1, 0.15) is 24.9 Å². The van der Waals surface area contributed by atoms with Crippen LogP contribution in [0.2, 0.25) is 0 Å². The smallest absolute Gasteiger partial charge is 0.0749 e. The zero-order valence-corrected chi connectivity index (χ0v) is 9.48. The van der Waals surface area contributed by atoms with E-state index in [2.05, 4.69) is 41.5 Å². The Bertz CT molecular complexity index is 502. The molecule has 2 heterocycles. The quantitative estimate of drug-likeness (QED) is 0.786. The first-order chi connectivity index (χ1) is 7.84. The average molecular weight is 212 g/mol. The molecule has 16 heavy (non-hydrogen) atoms. The minimum Gasteiger partial charge on any atom is -0.310 e. The number of benzene rings is 1. The lowest BCUT2D eigenvalue weighted by atomic mass is 9.99. The molecule has 1 N–H and O–H groups in total. The molecule has 0 amide bonds. The third-order valence-corrected chi connectivity index (χ3v) is 3.39. The van der Waals surface area contributed by atoms with Crippen molar-refractivity contribution < 1.29 is 0 Å². The van der Waals surface area contributed by atoms with Gasteiger partial charge in [0.1, 0.15) is 0 Å². The van der Waals surface area contributed by atoms with Gasteiger partial charge >= 0.3 is 0 Å². The maximum Gasteiger partial charge on any atom is 0.0749 e. The topological polar surface area (TPSA) is 24.9 Å². The summed E-state index contributed by atoms with van der Waals surface area (Å²) >= 11 is 0. The van der Waals surface area contributed by atoms with Gasteiger partial charge in [0, 0.05) is 17.6 Å². The Hall–Kier alpha value is -1.41. The minimum absolute atomic E-state index is 0.480. The molecule has 0 saturated carbocycles. The van der Waals surface area contributed by atoms with Crippen molar-refractivity contribution in [2.45, 2.75) is 19.4 Å². The van der Waals surface area contributed by atoms with E-state index in [4.69, 9.17) is 0 Å². The van der Waals surface area contributed by atoms with E-state index < -0.39 is 0 Å². The molecule has 1 fully saturated rings. The molecule has 0 spiro atoms. The van der Waals surface area contributed by atoms with Gasteiger partial charge in [-0.25, -0.2) is 0 Å². The van der Waals surface area contributed by atoms with E-state index in [1.807, 2.05) is 12.3 Å². The Morgan fingerprint density at radius 1 is 1.25 bits per heavy atom. The van der Waals surface area contributed by atoms with Gasteiger partial charge < -0.3 is 5.32 Å². The number of hydrogen-bond donors (Lipinski definition) is 1. The van der Waals surface area contributed by atoms with E-state index in [0.717, 1.165) is 18.0 Å². The van der Waals surface area contributed by atoms with Crippen LogP contribution in [0, 0.1) is 5.92 Å².